The van der Waals surface area contributed by atoms with Crippen molar-refractivity contribution in [1.29, 1.82) is 0 Å². The number of benzene rings is 1. The zero-order valence-corrected chi connectivity index (χ0v) is 17.9. The standard InChI is InChI=1S/C20H21FN4.3ClH/c1-25-17(15-5-7-16(21)8-6-15)14-19(24-25)20(9-12-22-13-10-20)18-4-2-3-11-23-18;;;/h2-8,11,14,22H,9-10,12-13H2,1H3;3*1H. The summed E-state index contributed by atoms with van der Waals surface area (Å²) < 4.78 is 15.1. The number of aryl methyl sites for hydroxylation is 1. The molecule has 0 bridgehead atoms. The predicted octanol–water partition coefficient (Wildman–Crippen LogP) is 4.56. The molecule has 4 rings (SSSR count). The third-order valence-electron chi connectivity index (χ3n) is 5.12. The molecule has 0 radical (unpaired) electrons. The van der Waals surface area contributed by atoms with Gasteiger partial charge >= 0.3 is 0 Å². The Kier molecular flexibility index (Phi) is 8.89. The van der Waals surface area contributed by atoms with E-state index in [1.807, 2.05) is 30.1 Å². The third kappa shape index (κ3) is 4.49. The maximum atomic E-state index is 13.2. The minimum absolute atomic E-state index is 0. The van der Waals surface area contributed by atoms with Gasteiger partial charge in [-0.1, -0.05) is 6.07 Å². The van der Waals surface area contributed by atoms with Gasteiger partial charge in [-0.05, 0) is 74.0 Å². The molecular weight excluding hydrogens is 422 g/mol. The van der Waals surface area contributed by atoms with Crippen molar-refractivity contribution in [3.05, 3.63) is 71.9 Å². The molecule has 0 aliphatic carbocycles. The zero-order chi connectivity index (χ0) is 17.3. The lowest BCUT2D eigenvalue weighted by Gasteiger charge is -2.35. The number of pyridine rings is 1. The molecule has 1 saturated heterocycles. The average molecular weight is 446 g/mol. The van der Waals surface area contributed by atoms with Gasteiger partial charge in [-0.15, -0.1) is 37.2 Å². The lowest BCUT2D eigenvalue weighted by Crippen LogP contribution is -2.41. The predicted molar refractivity (Wildman–Crippen MR) is 117 cm³/mol. The number of hydrogen-bond donors (Lipinski definition) is 1. The van der Waals surface area contributed by atoms with E-state index in [0.717, 1.165) is 48.6 Å². The van der Waals surface area contributed by atoms with Gasteiger partial charge in [0, 0.05) is 13.2 Å². The molecule has 4 nitrogen and oxygen atoms in total. The highest BCUT2D eigenvalue weighted by atomic mass is 35.5. The van der Waals surface area contributed by atoms with Gasteiger partial charge in [0.25, 0.3) is 0 Å². The Morgan fingerprint density at radius 3 is 2.25 bits per heavy atom. The number of rotatable bonds is 3. The molecule has 0 amide bonds. The van der Waals surface area contributed by atoms with Crippen molar-refractivity contribution in [3.63, 3.8) is 0 Å². The number of hydrogen-bond acceptors (Lipinski definition) is 3. The van der Waals surface area contributed by atoms with Crippen molar-refractivity contribution in [2.45, 2.75) is 18.3 Å². The molecule has 28 heavy (non-hydrogen) atoms. The lowest BCUT2D eigenvalue weighted by atomic mass is 9.73. The van der Waals surface area contributed by atoms with Crippen molar-refractivity contribution in [3.8, 4) is 11.3 Å². The second-order valence-corrected chi connectivity index (χ2v) is 6.59. The SMILES string of the molecule is Cl.Cl.Cl.Cn1nc(C2(c3ccccn3)CCNCC2)cc1-c1ccc(F)cc1. The first-order valence-corrected chi connectivity index (χ1v) is 8.62. The van der Waals surface area contributed by atoms with Crippen LogP contribution >= 0.6 is 37.2 Å². The average Bonchev–Trinajstić information content (AvgIpc) is 3.06. The Balaban J connectivity index is 0.00000131. The molecular formula is C20H24Cl3FN4. The quantitative estimate of drug-likeness (QED) is 0.643. The van der Waals surface area contributed by atoms with E-state index in [1.54, 1.807) is 12.1 Å². The largest absolute Gasteiger partial charge is 0.317 e. The van der Waals surface area contributed by atoms with Crippen molar-refractivity contribution in [2.24, 2.45) is 7.05 Å². The topological polar surface area (TPSA) is 42.7 Å². The number of halogens is 4. The van der Waals surface area contributed by atoms with Crippen molar-refractivity contribution in [1.82, 2.24) is 20.1 Å². The number of nitrogens with one attached hydrogen (secondary N) is 1. The Morgan fingerprint density at radius 2 is 1.64 bits per heavy atom. The van der Waals surface area contributed by atoms with Crippen LogP contribution in [0.3, 0.4) is 0 Å². The summed E-state index contributed by atoms with van der Waals surface area (Å²) in [4.78, 5) is 4.65. The minimum Gasteiger partial charge on any atom is -0.317 e. The summed E-state index contributed by atoms with van der Waals surface area (Å²) in [6, 6.07) is 14.8. The summed E-state index contributed by atoms with van der Waals surface area (Å²) >= 11 is 0. The lowest BCUT2D eigenvalue weighted by molar-refractivity contribution is 0.344. The van der Waals surface area contributed by atoms with E-state index >= 15 is 0 Å². The Morgan fingerprint density at radius 1 is 0.964 bits per heavy atom. The first-order valence-electron chi connectivity index (χ1n) is 8.62. The van der Waals surface area contributed by atoms with Crippen LogP contribution < -0.4 is 5.32 Å². The van der Waals surface area contributed by atoms with Crippen LogP contribution in [0.2, 0.25) is 0 Å². The summed E-state index contributed by atoms with van der Waals surface area (Å²) in [6.45, 7) is 1.89. The second-order valence-electron chi connectivity index (χ2n) is 6.59. The third-order valence-corrected chi connectivity index (χ3v) is 5.12. The molecule has 8 heteroatoms. The van der Waals surface area contributed by atoms with Gasteiger partial charge < -0.3 is 5.32 Å². The normalized spacial score (nSPS) is 14.9. The van der Waals surface area contributed by atoms with E-state index in [2.05, 4.69) is 22.4 Å². The minimum atomic E-state index is -0.227. The molecule has 0 spiro atoms. The highest BCUT2D eigenvalue weighted by Gasteiger charge is 2.39. The first-order chi connectivity index (χ1) is 12.2. The van der Waals surface area contributed by atoms with E-state index < -0.39 is 0 Å². The van der Waals surface area contributed by atoms with Gasteiger partial charge in [-0.2, -0.15) is 5.10 Å². The van der Waals surface area contributed by atoms with E-state index in [0.29, 0.717) is 0 Å². The van der Waals surface area contributed by atoms with Crippen molar-refractivity contribution in [2.75, 3.05) is 13.1 Å². The molecule has 152 valence electrons. The van der Waals surface area contributed by atoms with Crippen molar-refractivity contribution >= 4 is 37.2 Å². The van der Waals surface area contributed by atoms with E-state index in [4.69, 9.17) is 5.10 Å². The van der Waals surface area contributed by atoms with Gasteiger partial charge in [0.05, 0.1) is 22.5 Å². The zero-order valence-electron chi connectivity index (χ0n) is 15.5. The second kappa shape index (κ2) is 10.2. The molecule has 1 aliphatic rings. The summed E-state index contributed by atoms with van der Waals surface area (Å²) in [7, 11) is 1.94. The molecule has 1 N–H and O–H groups in total. The summed E-state index contributed by atoms with van der Waals surface area (Å²) in [5.74, 6) is -0.227. The molecule has 1 aromatic carbocycles. The maximum absolute atomic E-state index is 13.2. The Hall–Kier alpha value is -1.66. The fraction of sp³-hybridized carbons (Fsp3) is 0.300. The van der Waals surface area contributed by atoms with Crippen LogP contribution in [0.5, 0.6) is 0 Å². The highest BCUT2D eigenvalue weighted by Crippen LogP contribution is 2.39. The van der Waals surface area contributed by atoms with Crippen LogP contribution in [0, 0.1) is 5.82 Å². The molecule has 1 fully saturated rings. The van der Waals surface area contributed by atoms with Crippen LogP contribution in [-0.2, 0) is 12.5 Å². The summed E-state index contributed by atoms with van der Waals surface area (Å²) in [5.41, 5.74) is 3.88. The Labute approximate surface area is 183 Å². The summed E-state index contributed by atoms with van der Waals surface area (Å²) in [6.07, 6.45) is 3.77. The molecule has 0 unspecified atom stereocenters. The molecule has 0 saturated carbocycles. The van der Waals surface area contributed by atoms with Gasteiger partial charge in [0.2, 0.25) is 0 Å². The van der Waals surface area contributed by atoms with E-state index in [1.165, 1.54) is 12.1 Å². The van der Waals surface area contributed by atoms with Gasteiger partial charge in [-0.25, -0.2) is 4.39 Å². The van der Waals surface area contributed by atoms with Gasteiger partial charge in [0.15, 0.2) is 0 Å². The Bertz CT molecular complexity index is 863. The highest BCUT2D eigenvalue weighted by molar-refractivity contribution is 5.86. The van der Waals surface area contributed by atoms with Crippen LogP contribution in [0.4, 0.5) is 4.39 Å². The van der Waals surface area contributed by atoms with Crippen LogP contribution in [0.1, 0.15) is 24.2 Å². The van der Waals surface area contributed by atoms with Crippen molar-refractivity contribution < 1.29 is 4.39 Å². The van der Waals surface area contributed by atoms with Gasteiger partial charge in [0.1, 0.15) is 5.82 Å². The van der Waals surface area contributed by atoms with E-state index in [9.17, 15) is 4.39 Å². The maximum Gasteiger partial charge on any atom is 0.123 e. The number of piperidine rings is 1. The van der Waals surface area contributed by atoms with E-state index in [-0.39, 0.29) is 48.5 Å². The monoisotopic (exact) mass is 444 g/mol. The first kappa shape index (κ1) is 24.4. The molecule has 0 atom stereocenters. The number of nitrogens with zero attached hydrogens (tertiary/aromatic N) is 3. The fourth-order valence-corrected chi connectivity index (χ4v) is 3.73. The number of aromatic nitrogens is 3. The smallest absolute Gasteiger partial charge is 0.123 e. The summed E-state index contributed by atoms with van der Waals surface area (Å²) in [5, 5.41) is 8.27. The van der Waals surface area contributed by atoms with Crippen LogP contribution in [0.25, 0.3) is 11.3 Å². The van der Waals surface area contributed by atoms with Crippen LogP contribution in [-0.4, -0.2) is 27.9 Å². The molecule has 1 aliphatic heterocycles. The van der Waals surface area contributed by atoms with Crippen LogP contribution in [0.15, 0.2) is 54.7 Å². The molecule has 2 aromatic heterocycles. The van der Waals surface area contributed by atoms with Gasteiger partial charge in [-0.3, -0.25) is 9.67 Å². The molecule has 3 aromatic rings. The molecule has 3 heterocycles. The fourth-order valence-electron chi connectivity index (χ4n) is 3.73.